The largest absolute Gasteiger partial charge is 0.0991 e. The molecule has 0 heterocycles. The predicted molar refractivity (Wildman–Crippen MR) is 270 cm³/mol. The van der Waals surface area contributed by atoms with Gasteiger partial charge in [-0.15, -0.1) is 0 Å². The van der Waals surface area contributed by atoms with Gasteiger partial charge in [-0.3, -0.25) is 0 Å². The Morgan fingerprint density at radius 1 is 0.857 bits per heavy atom. The van der Waals surface area contributed by atoms with E-state index in [9.17, 15) is 0 Å². The van der Waals surface area contributed by atoms with Gasteiger partial charge in [0.1, 0.15) is 0 Å². The van der Waals surface area contributed by atoms with Crippen molar-refractivity contribution in [2.24, 2.45) is 34.5 Å². The monoisotopic (exact) mass is 818 g/mol. The molecule has 0 saturated heterocycles. The molecule has 0 heteroatoms. The van der Waals surface area contributed by atoms with Crippen molar-refractivity contribution in [3.8, 4) is 22.3 Å². The molecule has 63 heavy (non-hydrogen) atoms. The minimum Gasteiger partial charge on any atom is -0.0991 e. The highest BCUT2D eigenvalue weighted by Gasteiger charge is 2.47. The first-order valence-corrected chi connectivity index (χ1v) is 24.2. The normalized spacial score (nSPS) is 22.5. The van der Waals surface area contributed by atoms with Crippen molar-refractivity contribution < 1.29 is 0 Å². The Bertz CT molecular complexity index is 3170. The van der Waals surface area contributed by atoms with Crippen LogP contribution in [0.3, 0.4) is 0 Å². The molecule has 3 unspecified atom stereocenters. The second-order valence-corrected chi connectivity index (χ2v) is 22.7. The van der Waals surface area contributed by atoms with Crippen LogP contribution in [0.4, 0.5) is 0 Å². The van der Waals surface area contributed by atoms with E-state index in [1.165, 1.54) is 95.3 Å². The lowest BCUT2D eigenvalue weighted by molar-refractivity contribution is 0.427. The lowest BCUT2D eigenvalue weighted by Crippen LogP contribution is -2.35. The van der Waals surface area contributed by atoms with E-state index in [2.05, 4.69) is 171 Å². The quantitative estimate of drug-likeness (QED) is 0.170. The van der Waals surface area contributed by atoms with Crippen molar-refractivity contribution in [1.29, 1.82) is 0 Å². The van der Waals surface area contributed by atoms with Crippen molar-refractivity contribution >= 4 is 38.6 Å². The maximum atomic E-state index is 4.42. The zero-order chi connectivity index (χ0) is 43.3. The number of allylic oxidation sites excluding steroid dienone is 17. The summed E-state index contributed by atoms with van der Waals surface area (Å²) >= 11 is 0. The highest BCUT2D eigenvalue weighted by atomic mass is 14.5. The van der Waals surface area contributed by atoms with Crippen LogP contribution in [-0.2, 0) is 6.42 Å². The molecule has 8 aliphatic rings. The van der Waals surface area contributed by atoms with E-state index in [1.54, 1.807) is 44.6 Å². The van der Waals surface area contributed by atoms with Crippen LogP contribution in [0, 0.1) is 34.5 Å². The maximum Gasteiger partial charge on any atom is 0.0196 e. The molecule has 0 N–H and O–H groups in total. The van der Waals surface area contributed by atoms with E-state index in [1.807, 2.05) is 0 Å². The second kappa shape index (κ2) is 13.8. The molecule has 4 aromatic carbocycles. The minimum absolute atomic E-state index is 0.0684. The third kappa shape index (κ3) is 5.72. The number of rotatable bonds is 6. The summed E-state index contributed by atoms with van der Waals surface area (Å²) in [6.07, 6.45) is 30.0. The fourth-order valence-electron chi connectivity index (χ4n) is 13.4. The van der Waals surface area contributed by atoms with Crippen LogP contribution in [0.1, 0.15) is 122 Å². The van der Waals surface area contributed by atoms with E-state index in [0.717, 1.165) is 32.1 Å². The predicted octanol–water partition coefficient (Wildman–Crippen LogP) is 15.4. The Hall–Kier alpha value is -5.46. The van der Waals surface area contributed by atoms with Gasteiger partial charge in [-0.2, -0.15) is 0 Å². The third-order valence-corrected chi connectivity index (χ3v) is 15.7. The van der Waals surface area contributed by atoms with Gasteiger partial charge in [0.2, 0.25) is 0 Å². The summed E-state index contributed by atoms with van der Waals surface area (Å²) in [7, 11) is 0. The van der Waals surface area contributed by atoms with Crippen LogP contribution < -0.4 is 10.4 Å². The first-order valence-electron chi connectivity index (χ1n) is 24.2. The van der Waals surface area contributed by atoms with Gasteiger partial charge in [-0.1, -0.05) is 159 Å². The Morgan fingerprint density at radius 2 is 1.68 bits per heavy atom. The minimum atomic E-state index is 0.0684. The van der Waals surface area contributed by atoms with E-state index in [4.69, 9.17) is 0 Å². The average Bonchev–Trinajstić information content (AvgIpc) is 3.75. The number of fused-ring (bicyclic) bond motifs is 8. The molecular weight excluding hydrogens is 757 g/mol. The highest BCUT2D eigenvalue weighted by molar-refractivity contribution is 6.21. The van der Waals surface area contributed by atoms with Gasteiger partial charge in [0.15, 0.2) is 0 Å². The number of benzene rings is 4. The lowest BCUT2D eigenvalue weighted by atomic mass is 9.61. The van der Waals surface area contributed by atoms with Gasteiger partial charge >= 0.3 is 0 Å². The fourth-order valence-corrected chi connectivity index (χ4v) is 13.4. The first kappa shape index (κ1) is 39.2. The lowest BCUT2D eigenvalue weighted by Gasteiger charge is -2.42. The van der Waals surface area contributed by atoms with Crippen LogP contribution >= 0.6 is 0 Å². The second-order valence-electron chi connectivity index (χ2n) is 22.7. The molecule has 8 aliphatic carbocycles. The van der Waals surface area contributed by atoms with E-state index in [0.29, 0.717) is 23.7 Å². The summed E-state index contributed by atoms with van der Waals surface area (Å²) in [5.41, 5.74) is 28.7. The zero-order valence-corrected chi connectivity index (χ0v) is 38.9. The van der Waals surface area contributed by atoms with Gasteiger partial charge < -0.3 is 0 Å². The summed E-state index contributed by atoms with van der Waals surface area (Å²) < 4.78 is 0. The molecule has 4 aromatic rings. The van der Waals surface area contributed by atoms with E-state index in [-0.39, 0.29) is 10.8 Å². The zero-order valence-electron chi connectivity index (χ0n) is 38.9. The average molecular weight is 819 g/mol. The SMILES string of the molecule is C=CC=C(CC(C)(C)C)c1c2c(c(-c3ccccc3)c3c(CC(C)C)c4c(cc13)-c1cccc3c1=C4CC1CCC=CC=31)C1=C3C2=CC2=CC(C(C)(C)C)=CC4C=CC(=C3C24)CC1. The summed E-state index contributed by atoms with van der Waals surface area (Å²) in [4.78, 5) is 0. The van der Waals surface area contributed by atoms with Gasteiger partial charge in [0, 0.05) is 11.8 Å². The molecule has 0 fully saturated rings. The van der Waals surface area contributed by atoms with E-state index < -0.39 is 0 Å². The third-order valence-electron chi connectivity index (χ3n) is 15.7. The van der Waals surface area contributed by atoms with Crippen molar-refractivity contribution in [3.63, 3.8) is 0 Å². The molecule has 314 valence electrons. The highest BCUT2D eigenvalue weighted by Crippen LogP contribution is 2.64. The van der Waals surface area contributed by atoms with E-state index >= 15 is 0 Å². The molecule has 0 bridgehead atoms. The summed E-state index contributed by atoms with van der Waals surface area (Å²) in [5, 5.41) is 5.91. The van der Waals surface area contributed by atoms with Crippen molar-refractivity contribution in [2.45, 2.75) is 100 Å². The van der Waals surface area contributed by atoms with Crippen molar-refractivity contribution in [2.75, 3.05) is 0 Å². The van der Waals surface area contributed by atoms with Crippen molar-refractivity contribution in [3.05, 3.63) is 182 Å². The molecule has 0 radical (unpaired) electrons. The smallest absolute Gasteiger partial charge is 0.0196 e. The Labute approximate surface area is 376 Å². The standard InChI is InChI=1S/C63H62/c1-10-17-40(34-62(4,5)6)53-51-33-47-45-23-16-22-44-43-21-15-14-20-38(43)31-49(56(44)45)57(47)48(28-35(2)3)59(51)55(36-18-12-11-13-19-36)60-46-27-26-37-24-25-39-29-42(63(7,8)9)30-41-32-50(61(53)60)58(46)54(37)52(39)41/h10-13,15-19,21-25,29-30,32-33,35,38-39,52H,1,14,20,26-28,31,34H2,2-9H3. The van der Waals surface area contributed by atoms with Crippen LogP contribution in [0.5, 0.6) is 0 Å². The van der Waals surface area contributed by atoms with Crippen LogP contribution in [0.15, 0.2) is 144 Å². The number of hydrogen-bond donors (Lipinski definition) is 0. The van der Waals surface area contributed by atoms with Crippen LogP contribution in [-0.4, -0.2) is 0 Å². The number of hydrogen-bond acceptors (Lipinski definition) is 0. The van der Waals surface area contributed by atoms with Crippen LogP contribution in [0.25, 0.3) is 60.9 Å². The molecule has 0 aliphatic heterocycles. The Morgan fingerprint density at radius 3 is 2.44 bits per heavy atom. The summed E-state index contributed by atoms with van der Waals surface area (Å²) in [6.45, 7) is 23.7. The summed E-state index contributed by atoms with van der Waals surface area (Å²) in [5.74, 6) is 1.82. The molecule has 0 nitrogen and oxygen atoms in total. The molecule has 12 rings (SSSR count). The summed E-state index contributed by atoms with van der Waals surface area (Å²) in [6, 6.07) is 21.5. The molecule has 0 amide bonds. The Balaban J connectivity index is 1.29. The Kier molecular flexibility index (Phi) is 8.56. The topological polar surface area (TPSA) is 0 Å². The van der Waals surface area contributed by atoms with Crippen molar-refractivity contribution in [1.82, 2.24) is 0 Å². The molecular formula is C63H62. The van der Waals surface area contributed by atoms with Crippen LogP contribution in [0.2, 0.25) is 0 Å². The van der Waals surface area contributed by atoms with Gasteiger partial charge in [0.25, 0.3) is 0 Å². The van der Waals surface area contributed by atoms with Gasteiger partial charge in [0.05, 0.1) is 0 Å². The fraction of sp³-hybridized carbons (Fsp3) is 0.333. The van der Waals surface area contributed by atoms with Gasteiger partial charge in [-0.25, -0.2) is 0 Å². The maximum absolute atomic E-state index is 4.42. The first-order chi connectivity index (χ1) is 30.3. The molecule has 0 saturated carbocycles. The molecule has 0 aromatic heterocycles. The molecule has 0 spiro atoms. The molecule has 3 atom stereocenters. The van der Waals surface area contributed by atoms with Gasteiger partial charge in [-0.05, 0) is 207 Å².